The molecule has 2 aliphatic heterocycles. The van der Waals surface area contributed by atoms with Gasteiger partial charge in [0, 0.05) is 11.1 Å². The highest BCUT2D eigenvalue weighted by Crippen LogP contribution is 2.45. The molecule has 0 aromatic heterocycles. The second-order valence-electron chi connectivity index (χ2n) is 6.77. The molecular weight excluding hydrogens is 371 g/mol. The number of aliphatic imine (C=N–C) groups is 1. The summed E-state index contributed by atoms with van der Waals surface area (Å²) in [7, 11) is 0. The van der Waals surface area contributed by atoms with E-state index in [9.17, 15) is 0 Å². The third kappa shape index (κ3) is 3.55. The fourth-order valence-electron chi connectivity index (χ4n) is 3.70. The second-order valence-corrected chi connectivity index (χ2v) is 8.81. The van der Waals surface area contributed by atoms with Gasteiger partial charge < -0.3 is 5.32 Å². The molecule has 130 valence electrons. The number of halogens is 2. The normalized spacial score (nSPS) is 20.3. The lowest BCUT2D eigenvalue weighted by atomic mass is 9.73. The third-order valence-electron chi connectivity index (χ3n) is 5.14. The van der Waals surface area contributed by atoms with Crippen LogP contribution in [0.15, 0.2) is 47.5 Å². The Morgan fingerprint density at radius 3 is 2.52 bits per heavy atom. The van der Waals surface area contributed by atoms with Gasteiger partial charge in [0.25, 0.3) is 0 Å². The third-order valence-corrected chi connectivity index (χ3v) is 6.85. The lowest BCUT2D eigenvalue weighted by Gasteiger charge is -2.42. The minimum Gasteiger partial charge on any atom is -0.343 e. The van der Waals surface area contributed by atoms with Crippen LogP contribution in [0, 0.1) is 5.41 Å². The van der Waals surface area contributed by atoms with E-state index in [2.05, 4.69) is 29.6 Å². The number of nitrogens with one attached hydrogen (secondary N) is 1. The number of hydrogen-bond donors (Lipinski definition) is 1. The van der Waals surface area contributed by atoms with Crippen LogP contribution in [-0.4, -0.2) is 17.3 Å². The first kappa shape index (κ1) is 17.3. The number of anilines is 1. The summed E-state index contributed by atoms with van der Waals surface area (Å²) in [6.45, 7) is 0.703. The van der Waals surface area contributed by atoms with Crippen molar-refractivity contribution in [3.05, 3.63) is 63.6 Å². The molecule has 2 heterocycles. The SMILES string of the molecule is Clc1cc2c(cc1Cl)NC(=NCc1ccccc1)C1(CCSCC1)C2. The van der Waals surface area contributed by atoms with E-state index in [1.54, 1.807) is 0 Å². The molecule has 0 saturated carbocycles. The fraction of sp³-hybridized carbons (Fsp3) is 0.350. The zero-order valence-corrected chi connectivity index (χ0v) is 16.2. The number of hydrogen-bond acceptors (Lipinski definition) is 2. The number of nitrogens with zero attached hydrogens (tertiary/aromatic N) is 1. The highest BCUT2D eigenvalue weighted by atomic mass is 35.5. The molecule has 0 radical (unpaired) electrons. The Morgan fingerprint density at radius 1 is 1.04 bits per heavy atom. The molecule has 2 aliphatic rings. The van der Waals surface area contributed by atoms with E-state index >= 15 is 0 Å². The van der Waals surface area contributed by atoms with E-state index in [-0.39, 0.29) is 5.41 Å². The number of amidine groups is 1. The highest BCUT2D eigenvalue weighted by Gasteiger charge is 2.41. The summed E-state index contributed by atoms with van der Waals surface area (Å²) in [5, 5.41) is 4.81. The Bertz CT molecular complexity index is 799. The predicted molar refractivity (Wildman–Crippen MR) is 110 cm³/mol. The molecule has 2 aromatic carbocycles. The molecule has 0 atom stereocenters. The summed E-state index contributed by atoms with van der Waals surface area (Å²) in [6, 6.07) is 14.4. The molecule has 4 rings (SSSR count). The van der Waals surface area contributed by atoms with E-state index in [1.165, 1.54) is 22.6 Å². The van der Waals surface area contributed by atoms with Crippen molar-refractivity contribution >= 4 is 46.5 Å². The second kappa shape index (κ2) is 7.22. The van der Waals surface area contributed by atoms with Crippen molar-refractivity contribution in [3.8, 4) is 0 Å². The van der Waals surface area contributed by atoms with Crippen LogP contribution in [0.25, 0.3) is 0 Å². The minimum absolute atomic E-state index is 0.101. The van der Waals surface area contributed by atoms with Gasteiger partial charge in [-0.05, 0) is 54.0 Å². The van der Waals surface area contributed by atoms with Crippen molar-refractivity contribution in [2.24, 2.45) is 10.4 Å². The van der Waals surface area contributed by atoms with Gasteiger partial charge in [-0.2, -0.15) is 11.8 Å². The standard InChI is InChI=1S/C20H20Cl2N2S/c21-16-10-15-12-20(6-8-25-9-7-20)19(24-18(15)11-17(16)22)23-13-14-4-2-1-3-5-14/h1-5,10-11H,6-9,12-13H2,(H,23,24). The summed E-state index contributed by atoms with van der Waals surface area (Å²) in [4.78, 5) is 5.00. The number of rotatable bonds is 2. The Hall–Kier alpha value is -1.16. The largest absolute Gasteiger partial charge is 0.343 e. The predicted octanol–water partition coefficient (Wildman–Crippen LogP) is 6.07. The lowest BCUT2D eigenvalue weighted by molar-refractivity contribution is 0.377. The first-order chi connectivity index (χ1) is 12.2. The van der Waals surface area contributed by atoms with Crippen molar-refractivity contribution in [2.45, 2.75) is 25.8 Å². The van der Waals surface area contributed by atoms with Crippen molar-refractivity contribution < 1.29 is 0 Å². The Balaban J connectivity index is 1.70. The van der Waals surface area contributed by atoms with E-state index < -0.39 is 0 Å². The molecule has 2 nitrogen and oxygen atoms in total. The smallest absolute Gasteiger partial charge is 0.108 e. The Kier molecular flexibility index (Phi) is 4.99. The topological polar surface area (TPSA) is 24.4 Å². The number of thioether (sulfide) groups is 1. The minimum atomic E-state index is 0.101. The molecule has 25 heavy (non-hydrogen) atoms. The van der Waals surface area contributed by atoms with Crippen LogP contribution in [0.1, 0.15) is 24.0 Å². The molecule has 0 amide bonds. The molecule has 1 fully saturated rings. The number of fused-ring (bicyclic) bond motifs is 1. The summed E-state index contributed by atoms with van der Waals surface area (Å²) in [5.74, 6) is 3.48. The Morgan fingerprint density at radius 2 is 1.76 bits per heavy atom. The van der Waals surface area contributed by atoms with Crippen LogP contribution in [-0.2, 0) is 13.0 Å². The Labute approximate surface area is 163 Å². The summed E-state index contributed by atoms with van der Waals surface area (Å²) in [5.41, 5.74) is 3.63. The molecule has 2 aromatic rings. The van der Waals surface area contributed by atoms with Crippen molar-refractivity contribution in [3.63, 3.8) is 0 Å². The average Bonchev–Trinajstić information content (AvgIpc) is 2.63. The zero-order chi connectivity index (χ0) is 17.3. The van der Waals surface area contributed by atoms with E-state index in [0.29, 0.717) is 16.6 Å². The molecule has 1 spiro atoms. The van der Waals surface area contributed by atoms with Crippen molar-refractivity contribution in [2.75, 3.05) is 16.8 Å². The quantitative estimate of drug-likeness (QED) is 0.672. The van der Waals surface area contributed by atoms with Gasteiger partial charge in [-0.15, -0.1) is 0 Å². The monoisotopic (exact) mass is 390 g/mol. The molecule has 1 saturated heterocycles. The molecule has 0 unspecified atom stereocenters. The van der Waals surface area contributed by atoms with Crippen LogP contribution in [0.5, 0.6) is 0 Å². The van der Waals surface area contributed by atoms with Crippen molar-refractivity contribution in [1.29, 1.82) is 0 Å². The van der Waals surface area contributed by atoms with Crippen LogP contribution in [0.3, 0.4) is 0 Å². The maximum Gasteiger partial charge on any atom is 0.108 e. The van der Waals surface area contributed by atoms with Gasteiger partial charge in [-0.25, -0.2) is 0 Å². The average molecular weight is 391 g/mol. The molecule has 0 bridgehead atoms. The maximum absolute atomic E-state index is 6.26. The van der Waals surface area contributed by atoms with Gasteiger partial charge in [-0.1, -0.05) is 53.5 Å². The van der Waals surface area contributed by atoms with Gasteiger partial charge in [0.05, 0.1) is 16.6 Å². The zero-order valence-electron chi connectivity index (χ0n) is 13.9. The lowest BCUT2D eigenvalue weighted by Crippen LogP contribution is -2.44. The van der Waals surface area contributed by atoms with E-state index in [4.69, 9.17) is 28.2 Å². The van der Waals surface area contributed by atoms with Gasteiger partial charge in [0.2, 0.25) is 0 Å². The summed E-state index contributed by atoms with van der Waals surface area (Å²) >= 11 is 14.5. The van der Waals surface area contributed by atoms with Gasteiger partial charge in [0.15, 0.2) is 0 Å². The van der Waals surface area contributed by atoms with E-state index in [0.717, 1.165) is 30.8 Å². The number of benzene rings is 2. The van der Waals surface area contributed by atoms with E-state index in [1.807, 2.05) is 30.0 Å². The molecule has 0 aliphatic carbocycles. The van der Waals surface area contributed by atoms with Gasteiger partial charge in [-0.3, -0.25) is 4.99 Å². The summed E-state index contributed by atoms with van der Waals surface area (Å²) < 4.78 is 0. The fourth-order valence-corrected chi connectivity index (χ4v) is 5.32. The van der Waals surface area contributed by atoms with Crippen LogP contribution in [0.2, 0.25) is 10.0 Å². The van der Waals surface area contributed by atoms with Crippen LogP contribution in [0.4, 0.5) is 5.69 Å². The molecule has 5 heteroatoms. The summed E-state index contributed by atoms with van der Waals surface area (Å²) in [6.07, 6.45) is 3.29. The van der Waals surface area contributed by atoms with Crippen molar-refractivity contribution in [1.82, 2.24) is 0 Å². The highest BCUT2D eigenvalue weighted by molar-refractivity contribution is 7.99. The first-order valence-electron chi connectivity index (χ1n) is 8.58. The molecular formula is C20H20Cl2N2S. The van der Waals surface area contributed by atoms with Gasteiger partial charge >= 0.3 is 0 Å². The van der Waals surface area contributed by atoms with Gasteiger partial charge in [0.1, 0.15) is 5.84 Å². The first-order valence-corrected chi connectivity index (χ1v) is 10.5. The molecule has 1 N–H and O–H groups in total. The van der Waals surface area contributed by atoms with Crippen LogP contribution < -0.4 is 5.32 Å². The maximum atomic E-state index is 6.26. The van der Waals surface area contributed by atoms with Crippen LogP contribution >= 0.6 is 35.0 Å².